The number of carbonyl (C=O) groups is 3. The molecule has 5 rings (SSSR count). The smallest absolute Gasteiger partial charge is 0.290 e. The van der Waals surface area contributed by atoms with E-state index in [1.54, 1.807) is 30.3 Å². The molecule has 13 heteroatoms. The van der Waals surface area contributed by atoms with Gasteiger partial charge in [-0.05, 0) is 24.3 Å². The number of rotatable bonds is 2. The Hall–Kier alpha value is -0.925. The van der Waals surface area contributed by atoms with E-state index < -0.39 is 5.97 Å². The number of aromatic carboxylic acids is 1. The van der Waals surface area contributed by atoms with Crippen LogP contribution in [0.5, 0.6) is 5.75 Å². The maximum atomic E-state index is 12.4. The van der Waals surface area contributed by atoms with Gasteiger partial charge in [-0.15, -0.1) is 0 Å². The van der Waals surface area contributed by atoms with Crippen LogP contribution >= 0.6 is 31.9 Å². The molecule has 2 aromatic rings. The molecule has 2 aromatic carbocycles. The number of carboxylic acids is 1. The van der Waals surface area contributed by atoms with Crippen LogP contribution < -0.4 is 77.8 Å². The van der Waals surface area contributed by atoms with Crippen molar-refractivity contribution in [1.82, 2.24) is 0 Å². The fourth-order valence-corrected chi connectivity index (χ4v) is 7.23. The second kappa shape index (κ2) is 15.3. The van der Waals surface area contributed by atoms with Crippen LogP contribution in [0.1, 0.15) is 10.4 Å². The second-order valence-electron chi connectivity index (χ2n) is 7.60. The van der Waals surface area contributed by atoms with E-state index in [1.807, 2.05) is 0 Å². The molecule has 0 spiro atoms. The number of fused-ring (bicyclic) bond motifs is 2. The van der Waals surface area contributed by atoms with Crippen molar-refractivity contribution in [3.63, 3.8) is 0 Å². The van der Waals surface area contributed by atoms with Crippen molar-refractivity contribution in [1.29, 1.82) is 0 Å². The molecule has 0 unspecified atom stereocenters. The molecule has 183 valence electrons. The molecule has 0 bridgehead atoms. The van der Waals surface area contributed by atoms with Crippen LogP contribution in [0.4, 0.5) is 0 Å². The minimum absolute atomic E-state index is 0. The number of halogens is 2. The Morgan fingerprint density at radius 2 is 1.41 bits per heavy atom. The average molecular weight is 860 g/mol. The predicted octanol–water partition coefficient (Wildman–Crippen LogP) is -3.87. The Morgan fingerprint density at radius 1 is 0.846 bits per heavy atom. The molecule has 1 aliphatic heterocycles. The van der Waals surface area contributed by atoms with Crippen molar-refractivity contribution in [2.45, 2.75) is 0 Å². The number of hydrogen-bond donors (Lipinski definition) is 0. The Morgan fingerprint density at radius 3 is 1.97 bits per heavy atom. The van der Waals surface area contributed by atoms with Gasteiger partial charge < -0.3 is 5.48 Å². The summed E-state index contributed by atoms with van der Waals surface area (Å²) < 4.78 is 7.22. The summed E-state index contributed by atoms with van der Waals surface area (Å²) in [5.74, 6) is -1.42. The molecule has 2 N–H and O–H groups in total. The third kappa shape index (κ3) is 7.88. The molecule has 0 fully saturated rings. The van der Waals surface area contributed by atoms with Gasteiger partial charge >= 0.3 is 252 Å². The Bertz CT molecular complexity index is 1640. The number of allylic oxidation sites excluding steroid dienone is 4. The first-order chi connectivity index (χ1) is 17.1. The van der Waals surface area contributed by atoms with Crippen LogP contribution in [-0.4, -0.2) is 23.0 Å². The zero-order valence-corrected chi connectivity index (χ0v) is 33.3. The van der Waals surface area contributed by atoms with Gasteiger partial charge in [0.2, 0.25) is 0 Å². The van der Waals surface area contributed by atoms with Crippen LogP contribution in [0.15, 0.2) is 84.9 Å². The summed E-state index contributed by atoms with van der Waals surface area (Å²) in [4.78, 5) is 44.4. The Kier molecular flexibility index (Phi) is 14.2. The molecule has 0 saturated heterocycles. The van der Waals surface area contributed by atoms with E-state index in [0.29, 0.717) is 39.7 Å². The maximum Gasteiger partial charge on any atom is 1.00 e. The summed E-state index contributed by atoms with van der Waals surface area (Å²) in [5, 5.41) is 24.8. The molecule has 1 heterocycles. The van der Waals surface area contributed by atoms with E-state index in [2.05, 4.69) is 31.9 Å². The van der Waals surface area contributed by atoms with Crippen LogP contribution in [-0.2, 0) is 35.7 Å². The van der Waals surface area contributed by atoms with E-state index >= 15 is 0 Å². The van der Waals surface area contributed by atoms with Crippen LogP contribution in [0.2, 0.25) is 0 Å². The van der Waals surface area contributed by atoms with Crippen molar-refractivity contribution in [3.8, 4) is 28.2 Å². The standard InChI is InChI=1S/C20H9Br2O5.C6H4O2.Hg.2Na.H2O/c21-13-5-11-17(7-15(13)23)27-18-8-16(24)14(22)6-12(18)19(11)9-3-1-2-4-10(9)20(25)26;7-5-1-2-6(8)4-3-5;;;;/h1-7,24H,(H,25,26);1-4H;;;;1H2/q;;;2*+1;/p-2. The fourth-order valence-electron chi connectivity index (χ4n) is 3.65. The van der Waals surface area contributed by atoms with E-state index in [-0.39, 0.29) is 125 Å². The molecular formula is C26H13Br2HgNa2O8. The second-order valence-corrected chi connectivity index (χ2v) is 12.1. The van der Waals surface area contributed by atoms with E-state index in [4.69, 9.17) is 4.42 Å². The largest absolute Gasteiger partial charge is 1.00 e. The zero-order chi connectivity index (χ0) is 26.1. The Labute approximate surface area is 299 Å². The van der Waals surface area contributed by atoms with Gasteiger partial charge in [0.25, 0.3) is 0 Å². The predicted molar refractivity (Wildman–Crippen MR) is 135 cm³/mol. The van der Waals surface area contributed by atoms with E-state index in [0.717, 1.165) is 0 Å². The summed E-state index contributed by atoms with van der Waals surface area (Å²) in [7, 11) is 0. The summed E-state index contributed by atoms with van der Waals surface area (Å²) in [6, 6.07) is 11.1. The molecule has 8 nitrogen and oxygen atoms in total. The number of hydrogen-bond acceptors (Lipinski definition) is 7. The minimum Gasteiger partial charge on any atom is -0.290 e. The molecule has 3 aliphatic rings. The first kappa shape index (κ1) is 36.1. The average Bonchev–Trinajstić information content (AvgIpc) is 2.85. The third-order valence-corrected chi connectivity index (χ3v) is 9.01. The van der Waals surface area contributed by atoms with Crippen molar-refractivity contribution < 1.29 is 120 Å². The molecule has 0 saturated carbocycles. The number of carboxylic acid groups (broad SMARTS) is 1. The van der Waals surface area contributed by atoms with Crippen LogP contribution in [0, 0.1) is 0 Å². The van der Waals surface area contributed by atoms with E-state index in [1.165, 1.54) is 36.4 Å². The number of benzene rings is 3. The molecule has 0 aromatic heterocycles. The van der Waals surface area contributed by atoms with Gasteiger partial charge in [-0.3, -0.25) is 9.59 Å². The van der Waals surface area contributed by atoms with Crippen molar-refractivity contribution >= 4 is 63.4 Å². The molecule has 0 atom stereocenters. The molecule has 39 heavy (non-hydrogen) atoms. The fraction of sp³-hybridized carbons (Fsp3) is 0. The zero-order valence-electron chi connectivity index (χ0n) is 20.7. The van der Waals surface area contributed by atoms with Crippen LogP contribution in [0.25, 0.3) is 33.4 Å². The number of ketones is 2. The van der Waals surface area contributed by atoms with Gasteiger partial charge in [0, 0.05) is 0 Å². The molecule has 2 aliphatic carbocycles. The van der Waals surface area contributed by atoms with Gasteiger partial charge in [-0.1, -0.05) is 0 Å². The van der Waals surface area contributed by atoms with Crippen molar-refractivity contribution in [2.24, 2.45) is 0 Å². The number of carbonyl (C=O) groups excluding carboxylic acids is 3. The van der Waals surface area contributed by atoms with Crippen LogP contribution in [0.3, 0.4) is 0 Å². The SMILES string of the molecule is O.O=C([O-])c1ccccc1-c1c2cc(Br)c(=O)cc-2oc2[c]([Hg])c([O-])c(Br)cc12.O=C1C=CC(=O)C=C1.[Na+].[Na+]. The van der Waals surface area contributed by atoms with Gasteiger partial charge in [0.1, 0.15) is 0 Å². The molecule has 0 amide bonds. The quantitative estimate of drug-likeness (QED) is 0.113. The summed E-state index contributed by atoms with van der Waals surface area (Å²) in [5.41, 5.74) is 1.69. The van der Waals surface area contributed by atoms with Gasteiger partial charge in [-0.25, -0.2) is 0 Å². The van der Waals surface area contributed by atoms with E-state index in [9.17, 15) is 29.4 Å². The summed E-state index contributed by atoms with van der Waals surface area (Å²) in [6.07, 6.45) is 5.01. The first-order valence-corrected chi connectivity index (χ1v) is 14.6. The molecule has 0 radical (unpaired) electrons. The van der Waals surface area contributed by atoms with Crippen molar-refractivity contribution in [3.05, 3.63) is 91.5 Å². The third-order valence-electron chi connectivity index (χ3n) is 5.31. The first-order valence-electron chi connectivity index (χ1n) is 10.2. The van der Waals surface area contributed by atoms with Gasteiger partial charge in [-0.2, -0.15) is 0 Å². The molecular weight excluding hydrogens is 847 g/mol. The Balaban J connectivity index is 0.000000600. The monoisotopic (exact) mass is 859 g/mol. The van der Waals surface area contributed by atoms with Crippen molar-refractivity contribution in [2.75, 3.05) is 0 Å². The summed E-state index contributed by atoms with van der Waals surface area (Å²) >= 11 is 6.47. The van der Waals surface area contributed by atoms with Gasteiger partial charge in [0.15, 0.2) is 11.6 Å². The topological polar surface area (TPSA) is 159 Å². The van der Waals surface area contributed by atoms with Gasteiger partial charge in [0.05, 0.1) is 0 Å². The normalized spacial score (nSPS) is 11.7. The summed E-state index contributed by atoms with van der Waals surface area (Å²) in [6.45, 7) is 0. The minimum atomic E-state index is -1.31. The maximum absolute atomic E-state index is 12.4.